The van der Waals surface area contributed by atoms with Gasteiger partial charge in [-0.3, -0.25) is 0 Å². The summed E-state index contributed by atoms with van der Waals surface area (Å²) in [6, 6.07) is 0. The van der Waals surface area contributed by atoms with Crippen molar-refractivity contribution in [1.29, 1.82) is 0 Å². The van der Waals surface area contributed by atoms with Crippen molar-refractivity contribution in [3.8, 4) is 0 Å². The zero-order chi connectivity index (χ0) is 4.24. The summed E-state index contributed by atoms with van der Waals surface area (Å²) >= 11 is 0. The van der Waals surface area contributed by atoms with Crippen LogP contribution in [0.4, 0.5) is 0 Å². The van der Waals surface area contributed by atoms with Gasteiger partial charge in [-0.15, -0.1) is 0 Å². The molecule has 1 aliphatic rings. The average molecular weight is 140 g/mol. The van der Waals surface area contributed by atoms with Gasteiger partial charge in [-0.2, -0.15) is 0 Å². The predicted octanol–water partition coefficient (Wildman–Crippen LogP) is -3.29. The zero-order valence-corrected chi connectivity index (χ0v) is 5.33. The first-order valence-electron chi connectivity index (χ1n) is 2.41. The molecule has 5 nitrogen and oxygen atoms in total. The first-order valence-corrected chi connectivity index (χ1v) is 2.41. The van der Waals surface area contributed by atoms with Crippen LogP contribution in [0, 0.1) is 0 Å². The highest BCUT2D eigenvalue weighted by Crippen LogP contribution is 1.65. The minimum atomic E-state index is 0. The van der Waals surface area contributed by atoms with Crippen LogP contribution in [-0.2, 0) is 0 Å². The van der Waals surface area contributed by atoms with Crippen LogP contribution in [-0.4, -0.2) is 42.6 Å². The van der Waals surface area contributed by atoms with Gasteiger partial charge in [0.1, 0.15) is 0 Å². The standard InChI is InChI=1S/C4H10N2.3H2O/c1-2-6-4-3-5-1;;;/h5-6H,1-4H2;3*1H2. The molecule has 0 spiro atoms. The van der Waals surface area contributed by atoms with Gasteiger partial charge >= 0.3 is 0 Å². The highest BCUT2D eigenvalue weighted by Gasteiger charge is 1.91. The summed E-state index contributed by atoms with van der Waals surface area (Å²) in [5, 5.41) is 6.44. The molecule has 0 aromatic rings. The van der Waals surface area contributed by atoms with Gasteiger partial charge in [0.15, 0.2) is 0 Å². The lowest BCUT2D eigenvalue weighted by Crippen LogP contribution is -2.39. The van der Waals surface area contributed by atoms with Gasteiger partial charge in [-0.1, -0.05) is 0 Å². The van der Waals surface area contributed by atoms with Gasteiger partial charge in [0.05, 0.1) is 0 Å². The molecule has 9 heavy (non-hydrogen) atoms. The molecule has 5 heteroatoms. The first-order chi connectivity index (χ1) is 3.00. The first kappa shape index (κ1) is 15.9. The zero-order valence-electron chi connectivity index (χ0n) is 5.33. The lowest BCUT2D eigenvalue weighted by Gasteiger charge is -2.11. The van der Waals surface area contributed by atoms with E-state index in [-0.39, 0.29) is 16.4 Å². The third kappa shape index (κ3) is 7.80. The molecule has 1 rings (SSSR count). The second-order valence-electron chi connectivity index (χ2n) is 1.50. The largest absolute Gasteiger partial charge is 0.412 e. The molecule has 0 radical (unpaired) electrons. The third-order valence-electron chi connectivity index (χ3n) is 0.957. The van der Waals surface area contributed by atoms with Gasteiger partial charge in [-0.05, 0) is 0 Å². The van der Waals surface area contributed by atoms with Gasteiger partial charge in [0, 0.05) is 26.2 Å². The normalized spacial score (nSPS) is 16.0. The molecule has 0 atom stereocenters. The summed E-state index contributed by atoms with van der Waals surface area (Å²) in [6.07, 6.45) is 0. The average Bonchev–Trinajstić information content (AvgIpc) is 1.72. The van der Waals surface area contributed by atoms with E-state index in [4.69, 9.17) is 0 Å². The molecule has 0 unspecified atom stereocenters. The lowest BCUT2D eigenvalue weighted by molar-refractivity contribution is 0.534. The Kier molecular flexibility index (Phi) is 19.0. The Hall–Kier alpha value is -0.200. The molecule has 1 saturated heterocycles. The number of hydrogen-bond acceptors (Lipinski definition) is 2. The van der Waals surface area contributed by atoms with Crippen LogP contribution in [0.15, 0.2) is 0 Å². The fourth-order valence-electron chi connectivity index (χ4n) is 0.604. The fraction of sp³-hybridized carbons (Fsp3) is 1.00. The molecule has 1 heterocycles. The van der Waals surface area contributed by atoms with E-state index in [0.29, 0.717) is 0 Å². The Bertz CT molecular complexity index is 29.3. The van der Waals surface area contributed by atoms with Gasteiger partial charge in [0.2, 0.25) is 0 Å². The molecule has 0 bridgehead atoms. The topological polar surface area (TPSA) is 119 Å². The second-order valence-corrected chi connectivity index (χ2v) is 1.50. The van der Waals surface area contributed by atoms with Crippen LogP contribution in [0.1, 0.15) is 0 Å². The van der Waals surface area contributed by atoms with Crippen LogP contribution in [0.3, 0.4) is 0 Å². The summed E-state index contributed by atoms with van der Waals surface area (Å²) in [4.78, 5) is 0. The van der Waals surface area contributed by atoms with Crippen molar-refractivity contribution in [2.24, 2.45) is 0 Å². The van der Waals surface area contributed by atoms with E-state index in [2.05, 4.69) is 10.6 Å². The molecule has 0 aromatic heterocycles. The van der Waals surface area contributed by atoms with E-state index >= 15 is 0 Å². The molecule has 1 aliphatic heterocycles. The maximum Gasteiger partial charge on any atom is 0.00772 e. The van der Waals surface area contributed by atoms with Crippen LogP contribution in [0.25, 0.3) is 0 Å². The Labute approximate surface area is 54.4 Å². The van der Waals surface area contributed by atoms with E-state index in [1.165, 1.54) is 0 Å². The van der Waals surface area contributed by atoms with E-state index < -0.39 is 0 Å². The maximum atomic E-state index is 3.22. The quantitative estimate of drug-likeness (QED) is 0.366. The van der Waals surface area contributed by atoms with Gasteiger partial charge in [-0.25, -0.2) is 0 Å². The number of rotatable bonds is 0. The summed E-state index contributed by atoms with van der Waals surface area (Å²) in [5.41, 5.74) is 0. The van der Waals surface area contributed by atoms with Crippen molar-refractivity contribution in [3.63, 3.8) is 0 Å². The van der Waals surface area contributed by atoms with Crippen molar-refractivity contribution in [3.05, 3.63) is 0 Å². The Morgan fingerprint density at radius 3 is 0.889 bits per heavy atom. The number of nitrogens with one attached hydrogen (secondary N) is 2. The third-order valence-corrected chi connectivity index (χ3v) is 0.957. The van der Waals surface area contributed by atoms with Crippen LogP contribution < -0.4 is 10.6 Å². The Morgan fingerprint density at radius 2 is 0.778 bits per heavy atom. The Balaban J connectivity index is -0.000000120. The smallest absolute Gasteiger partial charge is 0.00772 e. The summed E-state index contributed by atoms with van der Waals surface area (Å²) in [5.74, 6) is 0. The van der Waals surface area contributed by atoms with E-state index in [0.717, 1.165) is 26.2 Å². The lowest BCUT2D eigenvalue weighted by atomic mass is 10.4. The van der Waals surface area contributed by atoms with Crippen LogP contribution in [0.2, 0.25) is 0 Å². The molecule has 0 aromatic carbocycles. The Morgan fingerprint density at radius 1 is 0.556 bits per heavy atom. The van der Waals surface area contributed by atoms with Crippen molar-refractivity contribution in [2.45, 2.75) is 0 Å². The van der Waals surface area contributed by atoms with Crippen molar-refractivity contribution in [2.75, 3.05) is 26.2 Å². The highest BCUT2D eigenvalue weighted by atomic mass is 16.0. The fourth-order valence-corrected chi connectivity index (χ4v) is 0.604. The number of hydrogen-bond donors (Lipinski definition) is 2. The molecular weight excluding hydrogens is 124 g/mol. The van der Waals surface area contributed by atoms with Crippen molar-refractivity contribution >= 4 is 0 Å². The van der Waals surface area contributed by atoms with Gasteiger partial charge in [0.25, 0.3) is 0 Å². The van der Waals surface area contributed by atoms with Crippen LogP contribution in [0.5, 0.6) is 0 Å². The predicted molar refractivity (Wildman–Crippen MR) is 36.6 cm³/mol. The minimum Gasteiger partial charge on any atom is -0.412 e. The SMILES string of the molecule is C1CNCCN1.O.O.O. The van der Waals surface area contributed by atoms with Crippen molar-refractivity contribution in [1.82, 2.24) is 10.6 Å². The maximum absolute atomic E-state index is 3.22. The number of piperazine rings is 1. The molecule has 0 aliphatic carbocycles. The van der Waals surface area contributed by atoms with E-state index in [1.54, 1.807) is 0 Å². The van der Waals surface area contributed by atoms with E-state index in [9.17, 15) is 0 Å². The van der Waals surface area contributed by atoms with Crippen molar-refractivity contribution < 1.29 is 16.4 Å². The van der Waals surface area contributed by atoms with Gasteiger partial charge < -0.3 is 27.1 Å². The highest BCUT2D eigenvalue weighted by molar-refractivity contribution is 4.59. The second kappa shape index (κ2) is 10.7. The summed E-state index contributed by atoms with van der Waals surface area (Å²) < 4.78 is 0. The monoisotopic (exact) mass is 140 g/mol. The molecule has 0 amide bonds. The minimum absolute atomic E-state index is 0. The van der Waals surface area contributed by atoms with E-state index in [1.807, 2.05) is 0 Å². The molecule has 8 N–H and O–H groups in total. The summed E-state index contributed by atoms with van der Waals surface area (Å²) in [7, 11) is 0. The molecule has 1 fully saturated rings. The van der Waals surface area contributed by atoms with Crippen LogP contribution >= 0.6 is 0 Å². The molecule has 0 saturated carbocycles. The molecule has 60 valence electrons. The molecular formula is C4H16N2O3. The summed E-state index contributed by atoms with van der Waals surface area (Å²) in [6.45, 7) is 4.56.